The van der Waals surface area contributed by atoms with Crippen molar-refractivity contribution >= 4 is 70.7 Å². The number of nitrogens with zero attached hydrogens (tertiary/aromatic N) is 2. The molecule has 0 aromatic carbocycles. The molecule has 274 valence electrons. The van der Waals surface area contributed by atoms with Crippen molar-refractivity contribution in [1.29, 1.82) is 0 Å². The first kappa shape index (κ1) is 39.1. The molecule has 2 aliphatic heterocycles. The predicted octanol–water partition coefficient (Wildman–Crippen LogP) is 4.02. The van der Waals surface area contributed by atoms with Gasteiger partial charge < -0.3 is 28.9 Å². The van der Waals surface area contributed by atoms with E-state index in [2.05, 4.69) is 42.7 Å². The number of methoxy groups -OCH3 is 4. The molecule has 2 aromatic rings. The highest BCUT2D eigenvalue weighted by molar-refractivity contribution is 7.80. The van der Waals surface area contributed by atoms with Crippen molar-refractivity contribution in [2.75, 3.05) is 28.4 Å². The molecule has 51 heavy (non-hydrogen) atoms. The lowest BCUT2D eigenvalue weighted by Gasteiger charge is -2.18. The molecule has 0 atom stereocenters. The summed E-state index contributed by atoms with van der Waals surface area (Å²) in [5.41, 5.74) is 6.06. The second-order valence-electron chi connectivity index (χ2n) is 14.2. The lowest BCUT2D eigenvalue weighted by atomic mass is 9.86. The lowest BCUT2D eigenvalue weighted by Crippen LogP contribution is -2.23. The number of aromatic amines is 2. The molecule has 2 N–H and O–H groups in total. The molecular formula is C38H48N4O8S. The average molecular weight is 721 g/mol. The predicted molar refractivity (Wildman–Crippen MR) is 199 cm³/mol. The second-order valence-corrected chi connectivity index (χ2v) is 14.6. The third-order valence-electron chi connectivity index (χ3n) is 9.36. The lowest BCUT2D eigenvalue weighted by molar-refractivity contribution is -0.141. The summed E-state index contributed by atoms with van der Waals surface area (Å²) in [5.74, 6) is -1.72. The molecule has 0 aliphatic carbocycles. The van der Waals surface area contributed by atoms with Gasteiger partial charge in [-0.3, -0.25) is 24.2 Å². The number of allylic oxidation sites excluding steroid dienone is 1. The second kappa shape index (κ2) is 16.1. The Labute approximate surface area is 303 Å². The Morgan fingerprint density at radius 2 is 1.20 bits per heavy atom. The molecule has 0 fully saturated rings. The molecule has 0 unspecified atom stereocenters. The highest BCUT2D eigenvalue weighted by Crippen LogP contribution is 2.39. The number of rotatable bonds is 13. The number of esters is 4. The zero-order chi connectivity index (χ0) is 37.7. The van der Waals surface area contributed by atoms with Crippen LogP contribution in [0.25, 0.3) is 18.2 Å². The zero-order valence-corrected chi connectivity index (χ0v) is 31.8. The van der Waals surface area contributed by atoms with Crippen LogP contribution in [-0.4, -0.2) is 78.7 Å². The Balaban J connectivity index is 2.08. The number of aromatic nitrogens is 2. The first-order valence-corrected chi connectivity index (χ1v) is 17.2. The molecule has 0 radical (unpaired) electrons. The topological polar surface area (TPSA) is 162 Å². The summed E-state index contributed by atoms with van der Waals surface area (Å²) in [6, 6.07) is 0. The molecule has 0 saturated carbocycles. The first-order valence-electron chi connectivity index (χ1n) is 16.8. The molecule has 0 saturated heterocycles. The monoisotopic (exact) mass is 720 g/mol. The highest BCUT2D eigenvalue weighted by Gasteiger charge is 2.32. The van der Waals surface area contributed by atoms with E-state index in [-0.39, 0.29) is 49.4 Å². The standard InChI is InChI=1S/C38H48N4O8S/c1-21-19-37(2,3)30(39-21)17-28-24(14-35(45)49-8)22(10-12-33(43)47-6)26(40-28)16-27-23(11-13-34(44)48-7)25(15-36(46)50-9)29(41-27)18-31-38(4,5)20-32(51)42-31/h16-18,40-41H,10-15,19-20H2,1-9H3/b27-16-,29-18-,30-17-. The minimum Gasteiger partial charge on any atom is -0.469 e. The summed E-state index contributed by atoms with van der Waals surface area (Å²) in [5, 5.41) is 1.24. The van der Waals surface area contributed by atoms with Crippen LogP contribution in [-0.2, 0) is 63.8 Å². The summed E-state index contributed by atoms with van der Waals surface area (Å²) < 4.78 is 20.1. The molecule has 4 heterocycles. The molecule has 2 aromatic heterocycles. The third kappa shape index (κ3) is 9.37. The Kier molecular flexibility index (Phi) is 12.4. The van der Waals surface area contributed by atoms with Gasteiger partial charge in [-0.1, -0.05) is 39.9 Å². The van der Waals surface area contributed by atoms with Crippen molar-refractivity contribution < 1.29 is 38.1 Å². The number of H-pyrrole nitrogens is 2. The number of carbonyl (C=O) groups excluding carboxylic acids is 4. The van der Waals surface area contributed by atoms with Crippen LogP contribution in [0.15, 0.2) is 15.7 Å². The maximum atomic E-state index is 12.8. The zero-order valence-electron chi connectivity index (χ0n) is 31.0. The fraction of sp³-hybridized carbons (Fsp3) is 0.500. The smallest absolute Gasteiger partial charge is 0.310 e. The minimum atomic E-state index is -0.458. The minimum absolute atomic E-state index is 0.0522. The van der Waals surface area contributed by atoms with Crippen LogP contribution in [0, 0.1) is 10.8 Å². The van der Waals surface area contributed by atoms with E-state index in [0.29, 0.717) is 50.2 Å². The number of ether oxygens (including phenoxy) is 4. The van der Waals surface area contributed by atoms with Crippen LogP contribution in [0.4, 0.5) is 0 Å². The van der Waals surface area contributed by atoms with Crippen molar-refractivity contribution in [1.82, 2.24) is 9.97 Å². The van der Waals surface area contributed by atoms with Crippen molar-refractivity contribution in [3.8, 4) is 0 Å². The van der Waals surface area contributed by atoms with Gasteiger partial charge in [0.05, 0.1) is 41.3 Å². The van der Waals surface area contributed by atoms with Gasteiger partial charge in [0, 0.05) is 69.3 Å². The normalized spacial score (nSPS) is 17.8. The van der Waals surface area contributed by atoms with Crippen LogP contribution < -0.4 is 10.7 Å². The quantitative estimate of drug-likeness (QED) is 0.177. The molecule has 0 spiro atoms. The molecular weight excluding hydrogens is 673 g/mol. The SMILES string of the molecule is COC(=O)CCc1c(/C=c2\[nH]/c(=C\C3=NC(=S)CC3(C)C)c(CC(=O)OC)c2CCC(=O)OC)[nH]c(/C=C2\N=C(C)CC2(C)C)c1CC(=O)OC. The summed E-state index contributed by atoms with van der Waals surface area (Å²) in [6.45, 7) is 10.3. The van der Waals surface area contributed by atoms with Gasteiger partial charge in [0.2, 0.25) is 0 Å². The van der Waals surface area contributed by atoms with E-state index in [1.165, 1.54) is 28.4 Å². The van der Waals surface area contributed by atoms with E-state index in [1.54, 1.807) is 0 Å². The van der Waals surface area contributed by atoms with Crippen LogP contribution in [0.3, 0.4) is 0 Å². The molecule has 4 rings (SSSR count). The van der Waals surface area contributed by atoms with E-state index in [0.717, 1.165) is 29.1 Å². The van der Waals surface area contributed by atoms with Crippen LogP contribution in [0.2, 0.25) is 0 Å². The van der Waals surface area contributed by atoms with Gasteiger partial charge in [0.1, 0.15) is 4.99 Å². The van der Waals surface area contributed by atoms with E-state index < -0.39 is 23.9 Å². The van der Waals surface area contributed by atoms with E-state index in [9.17, 15) is 19.2 Å². The third-order valence-corrected chi connectivity index (χ3v) is 9.60. The van der Waals surface area contributed by atoms with Gasteiger partial charge in [0.25, 0.3) is 0 Å². The number of aliphatic imine (C=N–C) groups is 2. The van der Waals surface area contributed by atoms with Crippen molar-refractivity contribution in [3.05, 3.63) is 50.0 Å². The van der Waals surface area contributed by atoms with Gasteiger partial charge >= 0.3 is 23.9 Å². The number of nitrogens with one attached hydrogen (secondary N) is 2. The average Bonchev–Trinajstić information content (AvgIpc) is 3.73. The fourth-order valence-electron chi connectivity index (χ4n) is 6.59. The van der Waals surface area contributed by atoms with Gasteiger partial charge in [-0.15, -0.1) is 0 Å². The molecule has 2 aliphatic rings. The summed E-state index contributed by atoms with van der Waals surface area (Å²) in [7, 11) is 5.31. The molecule has 13 heteroatoms. The van der Waals surface area contributed by atoms with Gasteiger partial charge in [-0.25, -0.2) is 4.99 Å². The first-order chi connectivity index (χ1) is 24.0. The number of hydrogen-bond donors (Lipinski definition) is 2. The van der Waals surface area contributed by atoms with Gasteiger partial charge in [-0.05, 0) is 66.7 Å². The maximum Gasteiger partial charge on any atom is 0.310 e. The van der Waals surface area contributed by atoms with Gasteiger partial charge in [-0.2, -0.15) is 0 Å². The Hall–Kier alpha value is -4.65. The maximum absolute atomic E-state index is 12.8. The Bertz CT molecular complexity index is 1960. The van der Waals surface area contributed by atoms with Gasteiger partial charge in [0.15, 0.2) is 0 Å². The number of hydrogen-bond acceptors (Lipinski definition) is 10. The molecule has 12 nitrogen and oxygen atoms in total. The Morgan fingerprint density at radius 1 is 0.667 bits per heavy atom. The summed E-state index contributed by atoms with van der Waals surface area (Å²) >= 11 is 5.44. The van der Waals surface area contributed by atoms with Crippen molar-refractivity contribution in [2.24, 2.45) is 20.8 Å². The largest absolute Gasteiger partial charge is 0.469 e. The van der Waals surface area contributed by atoms with Crippen LogP contribution >= 0.6 is 12.2 Å². The summed E-state index contributed by atoms with van der Waals surface area (Å²) in [6.07, 6.45) is 7.61. The molecule has 0 amide bonds. The fourth-order valence-corrected chi connectivity index (χ4v) is 7.05. The highest BCUT2D eigenvalue weighted by atomic mass is 32.1. The van der Waals surface area contributed by atoms with E-state index in [1.807, 2.05) is 25.2 Å². The van der Waals surface area contributed by atoms with Crippen LogP contribution in [0.1, 0.15) is 93.9 Å². The van der Waals surface area contributed by atoms with Crippen molar-refractivity contribution in [3.63, 3.8) is 0 Å². The Morgan fingerprint density at radius 3 is 1.71 bits per heavy atom. The van der Waals surface area contributed by atoms with E-state index in [4.69, 9.17) is 36.2 Å². The van der Waals surface area contributed by atoms with Crippen LogP contribution in [0.5, 0.6) is 0 Å². The number of thiocarbonyl (C=S) groups is 1. The van der Waals surface area contributed by atoms with E-state index >= 15 is 0 Å². The summed E-state index contributed by atoms with van der Waals surface area (Å²) in [4.78, 5) is 67.5. The molecule has 0 bridgehead atoms. The van der Waals surface area contributed by atoms with Crippen molar-refractivity contribution in [2.45, 2.75) is 86.0 Å². The number of carbonyl (C=O) groups is 4.